The largest absolute Gasteiger partial charge is 0.490 e. The van der Waals surface area contributed by atoms with Crippen molar-refractivity contribution in [2.24, 2.45) is 5.92 Å². The SMILES string of the molecule is CCc1nc2cnc3ccsc3c2n1[C@@H]1CC[C@@H](CC#N)[C@@H](OC)C1.O=C(O)C(F)(F)F. The van der Waals surface area contributed by atoms with E-state index in [1.165, 1.54) is 10.2 Å². The van der Waals surface area contributed by atoms with Gasteiger partial charge in [-0.25, -0.2) is 9.78 Å². The van der Waals surface area contributed by atoms with E-state index in [1.807, 2.05) is 6.20 Å². The van der Waals surface area contributed by atoms with Crippen LogP contribution in [0.3, 0.4) is 0 Å². The molecule has 1 fully saturated rings. The highest BCUT2D eigenvalue weighted by Gasteiger charge is 2.38. The Kier molecular flexibility index (Phi) is 7.36. The molecule has 32 heavy (non-hydrogen) atoms. The van der Waals surface area contributed by atoms with Gasteiger partial charge in [0.05, 0.1) is 34.1 Å². The van der Waals surface area contributed by atoms with E-state index in [1.54, 1.807) is 18.4 Å². The zero-order chi connectivity index (χ0) is 23.5. The zero-order valence-corrected chi connectivity index (χ0v) is 18.4. The number of ether oxygens (including phenoxy) is 1. The Bertz CT molecular complexity index is 1140. The third-order valence-electron chi connectivity index (χ3n) is 5.68. The predicted molar refractivity (Wildman–Crippen MR) is 113 cm³/mol. The lowest BCUT2D eigenvalue weighted by atomic mass is 9.81. The first kappa shape index (κ1) is 23.9. The summed E-state index contributed by atoms with van der Waals surface area (Å²) in [6.07, 6.45) is 1.47. The highest BCUT2D eigenvalue weighted by Crippen LogP contribution is 2.40. The van der Waals surface area contributed by atoms with Crippen molar-refractivity contribution in [2.75, 3.05) is 7.11 Å². The summed E-state index contributed by atoms with van der Waals surface area (Å²) in [7, 11) is 1.77. The molecule has 0 spiro atoms. The molecule has 3 aromatic heterocycles. The van der Waals surface area contributed by atoms with Gasteiger partial charge in [-0.05, 0) is 36.6 Å². The minimum Gasteiger partial charge on any atom is -0.475 e. The predicted octanol–water partition coefficient (Wildman–Crippen LogP) is 5.11. The smallest absolute Gasteiger partial charge is 0.475 e. The van der Waals surface area contributed by atoms with Gasteiger partial charge in [0.1, 0.15) is 11.3 Å². The van der Waals surface area contributed by atoms with E-state index in [9.17, 15) is 13.2 Å². The third kappa shape index (κ3) is 4.86. The lowest BCUT2D eigenvalue weighted by molar-refractivity contribution is -0.192. The Morgan fingerprint density at radius 1 is 1.41 bits per heavy atom. The molecular formula is C21H23F3N4O3S. The molecule has 11 heteroatoms. The molecule has 0 aromatic carbocycles. The first-order valence-electron chi connectivity index (χ1n) is 10.1. The fourth-order valence-corrected chi connectivity index (χ4v) is 5.10. The second-order valence-electron chi connectivity index (χ2n) is 7.54. The van der Waals surface area contributed by atoms with E-state index >= 15 is 0 Å². The number of hydrogen-bond donors (Lipinski definition) is 1. The summed E-state index contributed by atoms with van der Waals surface area (Å²) in [5.74, 6) is -1.29. The molecule has 3 atom stereocenters. The van der Waals surface area contributed by atoms with Crippen LogP contribution >= 0.6 is 11.3 Å². The van der Waals surface area contributed by atoms with Gasteiger partial charge in [0, 0.05) is 26.0 Å². The Morgan fingerprint density at radius 3 is 2.72 bits per heavy atom. The van der Waals surface area contributed by atoms with Crippen LogP contribution in [0, 0.1) is 17.2 Å². The average Bonchev–Trinajstić information content (AvgIpc) is 3.37. The topological polar surface area (TPSA) is 101 Å². The van der Waals surface area contributed by atoms with Crippen LogP contribution in [0.2, 0.25) is 0 Å². The molecule has 1 aliphatic carbocycles. The summed E-state index contributed by atoms with van der Waals surface area (Å²) in [5, 5.41) is 18.3. The van der Waals surface area contributed by atoms with Crippen molar-refractivity contribution < 1.29 is 27.8 Å². The number of carboxylic acid groups (broad SMARTS) is 1. The number of hydrogen-bond acceptors (Lipinski definition) is 6. The number of imidazole rings is 1. The standard InChI is InChI=1S/C19H22N4OS.C2HF3O2/c1-3-17-22-15-11-21-14-7-9-25-19(14)18(15)23(17)13-5-4-12(6-8-20)16(10-13)24-2;3-2(4,5)1(6)7/h7,9,11-13,16H,3-6,10H2,1-2H3;(H,6,7)/t12-,13+,16-;/m0./s1. The summed E-state index contributed by atoms with van der Waals surface area (Å²) in [4.78, 5) is 18.3. The molecule has 4 rings (SSSR count). The molecule has 172 valence electrons. The van der Waals surface area contributed by atoms with Crippen molar-refractivity contribution in [3.05, 3.63) is 23.5 Å². The molecule has 0 bridgehead atoms. The van der Waals surface area contributed by atoms with Gasteiger partial charge in [-0.3, -0.25) is 4.98 Å². The number of methoxy groups -OCH3 is 1. The van der Waals surface area contributed by atoms with Crippen molar-refractivity contribution >= 4 is 38.6 Å². The fraction of sp³-hybridized carbons (Fsp3) is 0.524. The van der Waals surface area contributed by atoms with E-state index in [-0.39, 0.29) is 6.10 Å². The average molecular weight is 469 g/mol. The van der Waals surface area contributed by atoms with Crippen LogP contribution in [0.5, 0.6) is 0 Å². The molecule has 0 saturated heterocycles. The minimum atomic E-state index is -5.08. The van der Waals surface area contributed by atoms with Gasteiger partial charge in [0.25, 0.3) is 0 Å². The first-order chi connectivity index (χ1) is 15.2. The van der Waals surface area contributed by atoms with Crippen molar-refractivity contribution in [2.45, 2.75) is 57.3 Å². The molecule has 1 N–H and O–H groups in total. The van der Waals surface area contributed by atoms with Gasteiger partial charge in [0.15, 0.2) is 0 Å². The molecule has 0 radical (unpaired) electrons. The second-order valence-corrected chi connectivity index (χ2v) is 8.46. The molecule has 1 aliphatic rings. The Balaban J connectivity index is 0.000000360. The molecule has 3 aromatic rings. The number of fused-ring (bicyclic) bond motifs is 3. The van der Waals surface area contributed by atoms with Gasteiger partial charge in [-0.2, -0.15) is 18.4 Å². The fourth-order valence-electron chi connectivity index (χ4n) is 4.21. The number of nitriles is 1. The van der Waals surface area contributed by atoms with Gasteiger partial charge in [-0.1, -0.05) is 6.92 Å². The van der Waals surface area contributed by atoms with Crippen LogP contribution in [-0.2, 0) is 16.0 Å². The van der Waals surface area contributed by atoms with E-state index < -0.39 is 12.1 Å². The van der Waals surface area contributed by atoms with Gasteiger partial charge in [0.2, 0.25) is 0 Å². The maximum Gasteiger partial charge on any atom is 0.490 e. The first-order valence-corrected chi connectivity index (χ1v) is 11.0. The Hall–Kier alpha value is -2.71. The Labute approximate surface area is 186 Å². The lowest BCUT2D eigenvalue weighted by Gasteiger charge is -2.35. The molecule has 3 heterocycles. The van der Waals surface area contributed by atoms with E-state index in [4.69, 9.17) is 24.9 Å². The van der Waals surface area contributed by atoms with Gasteiger partial charge < -0.3 is 14.4 Å². The van der Waals surface area contributed by atoms with Crippen LogP contribution in [0.4, 0.5) is 13.2 Å². The number of carbonyl (C=O) groups is 1. The maximum atomic E-state index is 10.6. The van der Waals surface area contributed by atoms with Crippen molar-refractivity contribution in [3.8, 4) is 6.07 Å². The highest BCUT2D eigenvalue weighted by molar-refractivity contribution is 7.18. The van der Waals surface area contributed by atoms with Crippen molar-refractivity contribution in [3.63, 3.8) is 0 Å². The van der Waals surface area contributed by atoms with Crippen molar-refractivity contribution in [1.29, 1.82) is 5.26 Å². The maximum absolute atomic E-state index is 10.6. The number of pyridine rings is 1. The van der Waals surface area contributed by atoms with Crippen LogP contribution in [0.1, 0.15) is 44.5 Å². The van der Waals surface area contributed by atoms with E-state index in [0.717, 1.165) is 42.5 Å². The van der Waals surface area contributed by atoms with Crippen LogP contribution in [-0.4, -0.2) is 45.0 Å². The molecular weight excluding hydrogens is 445 g/mol. The second kappa shape index (κ2) is 9.83. The molecule has 7 nitrogen and oxygen atoms in total. The number of alkyl halides is 3. The van der Waals surface area contributed by atoms with Gasteiger partial charge >= 0.3 is 12.1 Å². The number of aromatic nitrogens is 3. The minimum absolute atomic E-state index is 0.140. The molecule has 0 aliphatic heterocycles. The summed E-state index contributed by atoms with van der Waals surface area (Å²) in [5.41, 5.74) is 3.25. The lowest BCUT2D eigenvalue weighted by Crippen LogP contribution is -2.32. The van der Waals surface area contributed by atoms with Crippen LogP contribution in [0.25, 0.3) is 21.3 Å². The van der Waals surface area contributed by atoms with Crippen LogP contribution < -0.4 is 0 Å². The van der Waals surface area contributed by atoms with Gasteiger partial charge in [-0.15, -0.1) is 11.3 Å². The number of halogens is 3. The monoisotopic (exact) mass is 468 g/mol. The quantitative estimate of drug-likeness (QED) is 0.571. The molecule has 1 saturated carbocycles. The van der Waals surface area contributed by atoms with E-state index in [2.05, 4.69) is 34.0 Å². The number of thiophene rings is 1. The Morgan fingerprint density at radius 2 is 2.12 bits per heavy atom. The number of aryl methyl sites for hydroxylation is 1. The number of nitrogens with zero attached hydrogens (tertiary/aromatic N) is 4. The highest BCUT2D eigenvalue weighted by atomic mass is 32.1. The summed E-state index contributed by atoms with van der Waals surface area (Å²) < 4.78 is 41.1. The number of carboxylic acids is 1. The van der Waals surface area contributed by atoms with Crippen LogP contribution in [0.15, 0.2) is 17.6 Å². The van der Waals surface area contributed by atoms with E-state index in [0.29, 0.717) is 18.4 Å². The van der Waals surface area contributed by atoms with Crippen molar-refractivity contribution in [1.82, 2.24) is 14.5 Å². The molecule has 0 amide bonds. The number of rotatable bonds is 4. The zero-order valence-electron chi connectivity index (χ0n) is 17.6. The third-order valence-corrected chi connectivity index (χ3v) is 6.59. The number of aliphatic carboxylic acids is 1. The normalized spacial score (nSPS) is 21.2. The summed E-state index contributed by atoms with van der Waals surface area (Å²) in [6, 6.07) is 4.76. The summed E-state index contributed by atoms with van der Waals surface area (Å²) >= 11 is 1.74. The summed E-state index contributed by atoms with van der Waals surface area (Å²) in [6.45, 7) is 2.16. The molecule has 0 unspecified atom stereocenters.